The molecule has 0 aliphatic rings. The molecular formula is C8H13Cl2NO. The monoisotopic (exact) mass is 209 g/mol. The fourth-order valence-electron chi connectivity index (χ4n) is 0.503. The van der Waals surface area contributed by atoms with Gasteiger partial charge in [-0.25, -0.2) is 0 Å². The molecule has 0 heterocycles. The molecule has 0 saturated carbocycles. The van der Waals surface area contributed by atoms with Crippen molar-refractivity contribution in [3.05, 3.63) is 11.6 Å². The van der Waals surface area contributed by atoms with E-state index in [0.29, 0.717) is 6.54 Å². The molecule has 0 fully saturated rings. The van der Waals surface area contributed by atoms with Gasteiger partial charge in [-0.15, -0.1) is 0 Å². The summed E-state index contributed by atoms with van der Waals surface area (Å²) in [6, 6.07) is 0. The summed E-state index contributed by atoms with van der Waals surface area (Å²) in [6.45, 7) is 5.81. The standard InChI is InChI=1S/C8H13Cl2NO/c1-6(2)4-5-11-7(12)8(3,9)10/h4H,5H2,1-3H3,(H,11,12). The second-order valence-corrected chi connectivity index (χ2v) is 4.59. The minimum absolute atomic E-state index is 0.372. The Hall–Kier alpha value is -0.210. The third kappa shape index (κ3) is 5.44. The zero-order valence-electron chi connectivity index (χ0n) is 7.45. The van der Waals surface area contributed by atoms with Gasteiger partial charge in [0.15, 0.2) is 4.33 Å². The number of hydrogen-bond acceptors (Lipinski definition) is 1. The normalized spacial score (nSPS) is 10.8. The number of halogens is 2. The molecule has 0 rings (SSSR count). The Bertz CT molecular complexity index is 190. The number of alkyl halides is 2. The maximum atomic E-state index is 11.0. The Balaban J connectivity index is 3.82. The largest absolute Gasteiger partial charge is 0.350 e. The summed E-state index contributed by atoms with van der Waals surface area (Å²) >= 11 is 11.1. The highest BCUT2D eigenvalue weighted by atomic mass is 35.5. The van der Waals surface area contributed by atoms with Crippen molar-refractivity contribution >= 4 is 29.1 Å². The van der Waals surface area contributed by atoms with Gasteiger partial charge < -0.3 is 5.32 Å². The summed E-state index contributed by atoms with van der Waals surface area (Å²) < 4.78 is -1.34. The van der Waals surface area contributed by atoms with Gasteiger partial charge in [0.25, 0.3) is 5.91 Å². The highest BCUT2D eigenvalue weighted by Gasteiger charge is 2.26. The van der Waals surface area contributed by atoms with Crippen molar-refractivity contribution in [3.8, 4) is 0 Å². The lowest BCUT2D eigenvalue weighted by Gasteiger charge is -2.11. The van der Waals surface area contributed by atoms with Gasteiger partial charge in [-0.3, -0.25) is 4.79 Å². The molecule has 0 saturated heterocycles. The van der Waals surface area contributed by atoms with E-state index in [2.05, 4.69) is 5.32 Å². The lowest BCUT2D eigenvalue weighted by Crippen LogP contribution is -2.36. The van der Waals surface area contributed by atoms with Gasteiger partial charge in [0.05, 0.1) is 0 Å². The predicted molar refractivity (Wildman–Crippen MR) is 52.6 cm³/mol. The Labute approximate surface area is 82.9 Å². The van der Waals surface area contributed by atoms with Crippen LogP contribution in [-0.2, 0) is 4.79 Å². The summed E-state index contributed by atoms with van der Waals surface area (Å²) in [7, 11) is 0. The van der Waals surface area contributed by atoms with E-state index in [9.17, 15) is 4.79 Å². The van der Waals surface area contributed by atoms with E-state index in [-0.39, 0.29) is 5.91 Å². The molecule has 2 nitrogen and oxygen atoms in total. The van der Waals surface area contributed by atoms with Crippen LogP contribution in [0.2, 0.25) is 0 Å². The van der Waals surface area contributed by atoms with Crippen molar-refractivity contribution in [1.29, 1.82) is 0 Å². The van der Waals surface area contributed by atoms with E-state index >= 15 is 0 Å². The first-order valence-corrected chi connectivity index (χ1v) is 4.39. The third-order valence-electron chi connectivity index (χ3n) is 1.17. The van der Waals surface area contributed by atoms with Gasteiger partial charge in [0, 0.05) is 6.54 Å². The van der Waals surface area contributed by atoms with E-state index in [1.807, 2.05) is 19.9 Å². The molecule has 70 valence electrons. The van der Waals surface area contributed by atoms with Crippen molar-refractivity contribution in [2.75, 3.05) is 6.54 Å². The minimum atomic E-state index is -1.34. The number of carbonyl (C=O) groups excluding carboxylic acids is 1. The second kappa shape index (κ2) is 4.73. The number of allylic oxidation sites excluding steroid dienone is 1. The zero-order chi connectivity index (χ0) is 9.78. The van der Waals surface area contributed by atoms with Crippen LogP contribution in [0.1, 0.15) is 20.8 Å². The fraction of sp³-hybridized carbons (Fsp3) is 0.625. The van der Waals surface area contributed by atoms with Gasteiger partial charge in [-0.05, 0) is 20.8 Å². The Kier molecular flexibility index (Phi) is 4.64. The van der Waals surface area contributed by atoms with Crippen LogP contribution in [0, 0.1) is 0 Å². The van der Waals surface area contributed by atoms with Crippen molar-refractivity contribution in [1.82, 2.24) is 5.32 Å². The number of rotatable bonds is 3. The molecule has 0 aromatic rings. The molecule has 0 aromatic carbocycles. The van der Waals surface area contributed by atoms with Crippen LogP contribution in [0.4, 0.5) is 0 Å². The first kappa shape index (κ1) is 11.8. The highest BCUT2D eigenvalue weighted by Crippen LogP contribution is 2.18. The van der Waals surface area contributed by atoms with Gasteiger partial charge in [0.2, 0.25) is 0 Å². The van der Waals surface area contributed by atoms with Crippen LogP contribution < -0.4 is 5.32 Å². The van der Waals surface area contributed by atoms with E-state index < -0.39 is 4.33 Å². The molecule has 0 aliphatic carbocycles. The average Bonchev–Trinajstić information content (AvgIpc) is 1.84. The Morgan fingerprint density at radius 1 is 1.50 bits per heavy atom. The highest BCUT2D eigenvalue weighted by molar-refractivity contribution is 6.57. The molecule has 1 amide bonds. The predicted octanol–water partition coefficient (Wildman–Crippen LogP) is 2.26. The van der Waals surface area contributed by atoms with Crippen LogP contribution >= 0.6 is 23.2 Å². The topological polar surface area (TPSA) is 29.1 Å². The maximum absolute atomic E-state index is 11.0. The Morgan fingerprint density at radius 3 is 2.33 bits per heavy atom. The third-order valence-corrected chi connectivity index (χ3v) is 1.51. The fourth-order valence-corrected chi connectivity index (χ4v) is 0.637. The number of nitrogens with one attached hydrogen (secondary N) is 1. The lowest BCUT2D eigenvalue weighted by atomic mass is 10.3. The summed E-state index contributed by atoms with van der Waals surface area (Å²) in [6.07, 6.45) is 1.89. The summed E-state index contributed by atoms with van der Waals surface area (Å²) in [5.41, 5.74) is 1.14. The molecule has 0 aromatic heterocycles. The van der Waals surface area contributed by atoms with Crippen molar-refractivity contribution < 1.29 is 4.79 Å². The Morgan fingerprint density at radius 2 is 2.00 bits per heavy atom. The quantitative estimate of drug-likeness (QED) is 0.561. The van der Waals surface area contributed by atoms with Crippen molar-refractivity contribution in [3.63, 3.8) is 0 Å². The maximum Gasteiger partial charge on any atom is 0.256 e. The van der Waals surface area contributed by atoms with Crippen LogP contribution in [-0.4, -0.2) is 16.8 Å². The van der Waals surface area contributed by atoms with E-state index in [1.54, 1.807) is 0 Å². The average molecular weight is 210 g/mol. The van der Waals surface area contributed by atoms with Crippen LogP contribution in [0.15, 0.2) is 11.6 Å². The summed E-state index contributed by atoms with van der Waals surface area (Å²) in [5.74, 6) is -0.372. The van der Waals surface area contributed by atoms with Crippen LogP contribution in [0.3, 0.4) is 0 Å². The SMILES string of the molecule is CC(C)=CCNC(=O)C(C)(Cl)Cl. The first-order chi connectivity index (χ1) is 5.34. The molecule has 0 radical (unpaired) electrons. The molecule has 12 heavy (non-hydrogen) atoms. The molecule has 4 heteroatoms. The van der Waals surface area contributed by atoms with E-state index in [1.165, 1.54) is 6.92 Å². The van der Waals surface area contributed by atoms with Crippen molar-refractivity contribution in [2.45, 2.75) is 25.1 Å². The molecule has 0 spiro atoms. The molecule has 0 atom stereocenters. The van der Waals surface area contributed by atoms with Crippen molar-refractivity contribution in [2.24, 2.45) is 0 Å². The van der Waals surface area contributed by atoms with Gasteiger partial charge in [-0.1, -0.05) is 34.9 Å². The molecular weight excluding hydrogens is 197 g/mol. The molecule has 0 unspecified atom stereocenters. The van der Waals surface area contributed by atoms with Gasteiger partial charge in [0.1, 0.15) is 0 Å². The van der Waals surface area contributed by atoms with E-state index in [0.717, 1.165) is 5.57 Å². The number of hydrogen-bond donors (Lipinski definition) is 1. The molecule has 1 N–H and O–H groups in total. The molecule has 0 bridgehead atoms. The zero-order valence-corrected chi connectivity index (χ0v) is 8.96. The lowest BCUT2D eigenvalue weighted by molar-refractivity contribution is -0.121. The summed E-state index contributed by atoms with van der Waals surface area (Å²) in [4.78, 5) is 11.0. The second-order valence-electron chi connectivity index (χ2n) is 2.88. The minimum Gasteiger partial charge on any atom is -0.350 e. The number of amides is 1. The van der Waals surface area contributed by atoms with Crippen LogP contribution in [0.5, 0.6) is 0 Å². The smallest absolute Gasteiger partial charge is 0.256 e. The summed E-state index contributed by atoms with van der Waals surface area (Å²) in [5, 5.41) is 2.57. The van der Waals surface area contributed by atoms with Gasteiger partial charge >= 0.3 is 0 Å². The van der Waals surface area contributed by atoms with Crippen LogP contribution in [0.25, 0.3) is 0 Å². The van der Waals surface area contributed by atoms with E-state index in [4.69, 9.17) is 23.2 Å². The van der Waals surface area contributed by atoms with Gasteiger partial charge in [-0.2, -0.15) is 0 Å². The number of carbonyl (C=O) groups is 1. The molecule has 0 aliphatic heterocycles. The first-order valence-electron chi connectivity index (χ1n) is 3.63.